The maximum Gasteiger partial charge on any atom is 0.410 e. The summed E-state index contributed by atoms with van der Waals surface area (Å²) in [5, 5.41) is 17.5. The van der Waals surface area contributed by atoms with Crippen LogP contribution in [0.25, 0.3) is 0 Å². The summed E-state index contributed by atoms with van der Waals surface area (Å²) in [6.45, 7) is 0.735. The highest BCUT2D eigenvalue weighted by Crippen LogP contribution is 2.05. The molecule has 1 fully saturated rings. The van der Waals surface area contributed by atoms with Gasteiger partial charge in [0.25, 0.3) is 0 Å². The van der Waals surface area contributed by atoms with Crippen molar-refractivity contribution in [2.24, 2.45) is 0 Å². The van der Waals surface area contributed by atoms with Crippen molar-refractivity contribution in [1.29, 1.82) is 0 Å². The second kappa shape index (κ2) is 4.08. The Kier molecular flexibility index (Phi) is 3.07. The average molecular weight is 189 g/mol. The van der Waals surface area contributed by atoms with Gasteiger partial charge in [0.05, 0.1) is 25.6 Å². The summed E-state index contributed by atoms with van der Waals surface area (Å²) in [4.78, 5) is 22.3. The van der Waals surface area contributed by atoms with Gasteiger partial charge in [-0.05, 0) is 0 Å². The summed E-state index contributed by atoms with van der Waals surface area (Å²) in [6, 6.07) is 0. The zero-order valence-corrected chi connectivity index (χ0v) is 6.97. The van der Waals surface area contributed by atoms with E-state index in [0.29, 0.717) is 13.2 Å². The molecule has 13 heavy (non-hydrogen) atoms. The zero-order chi connectivity index (χ0) is 9.84. The van der Waals surface area contributed by atoms with E-state index in [-0.39, 0.29) is 13.0 Å². The van der Waals surface area contributed by atoms with Crippen LogP contribution in [-0.4, -0.2) is 53.0 Å². The molecule has 0 aromatic carbocycles. The minimum Gasteiger partial charge on any atom is -0.481 e. The molecule has 1 atom stereocenters. The van der Waals surface area contributed by atoms with Crippen LogP contribution < -0.4 is 0 Å². The van der Waals surface area contributed by atoms with Crippen molar-refractivity contribution < 1.29 is 24.5 Å². The van der Waals surface area contributed by atoms with Crippen LogP contribution in [0.2, 0.25) is 0 Å². The normalized spacial score (nSPS) is 18.5. The fourth-order valence-corrected chi connectivity index (χ4v) is 1.11. The first kappa shape index (κ1) is 9.79. The zero-order valence-electron chi connectivity index (χ0n) is 6.97. The van der Waals surface area contributed by atoms with E-state index in [1.807, 2.05) is 0 Å². The van der Waals surface area contributed by atoms with E-state index in [4.69, 9.17) is 10.2 Å². The van der Waals surface area contributed by atoms with E-state index in [2.05, 4.69) is 4.74 Å². The van der Waals surface area contributed by atoms with Gasteiger partial charge < -0.3 is 19.8 Å². The third-order valence-electron chi connectivity index (χ3n) is 1.69. The highest BCUT2D eigenvalue weighted by molar-refractivity contribution is 5.70. The lowest BCUT2D eigenvalue weighted by Gasteiger charge is -2.15. The molecule has 74 valence electrons. The van der Waals surface area contributed by atoms with Crippen molar-refractivity contribution in [3.05, 3.63) is 0 Å². The molecule has 1 rings (SSSR count). The molecule has 1 aliphatic rings. The smallest absolute Gasteiger partial charge is 0.410 e. The summed E-state index contributed by atoms with van der Waals surface area (Å²) in [5.41, 5.74) is 0. The summed E-state index contributed by atoms with van der Waals surface area (Å²) < 4.78 is 4.60. The van der Waals surface area contributed by atoms with E-state index >= 15 is 0 Å². The van der Waals surface area contributed by atoms with Gasteiger partial charge in [-0.25, -0.2) is 4.79 Å². The number of nitrogens with zero attached hydrogens (tertiary/aromatic N) is 1. The second-order valence-electron chi connectivity index (χ2n) is 2.81. The Morgan fingerprint density at radius 1 is 1.69 bits per heavy atom. The summed E-state index contributed by atoms with van der Waals surface area (Å²) >= 11 is 0. The predicted molar refractivity (Wildman–Crippen MR) is 41.2 cm³/mol. The molecule has 0 aromatic heterocycles. The van der Waals surface area contributed by atoms with Gasteiger partial charge in [0.2, 0.25) is 0 Å². The number of hydrogen-bond donors (Lipinski definition) is 2. The van der Waals surface area contributed by atoms with Crippen molar-refractivity contribution in [3.63, 3.8) is 0 Å². The molecule has 1 heterocycles. The van der Waals surface area contributed by atoms with Crippen molar-refractivity contribution >= 4 is 12.1 Å². The van der Waals surface area contributed by atoms with E-state index in [9.17, 15) is 9.59 Å². The maximum absolute atomic E-state index is 10.8. The SMILES string of the molecule is O=C(O)CC(O)CN1CCOC1=O. The largest absolute Gasteiger partial charge is 0.481 e. The molecule has 0 radical (unpaired) electrons. The monoisotopic (exact) mass is 189 g/mol. The fraction of sp³-hybridized carbons (Fsp3) is 0.714. The number of carboxylic acids is 1. The van der Waals surface area contributed by atoms with Crippen molar-refractivity contribution in [3.8, 4) is 0 Å². The molecule has 0 aliphatic carbocycles. The number of cyclic esters (lactones) is 1. The first-order chi connectivity index (χ1) is 6.09. The van der Waals surface area contributed by atoms with Crippen LogP contribution in [0.15, 0.2) is 0 Å². The lowest BCUT2D eigenvalue weighted by molar-refractivity contribution is -0.139. The maximum atomic E-state index is 10.8. The number of rotatable bonds is 4. The van der Waals surface area contributed by atoms with Crippen molar-refractivity contribution in [2.45, 2.75) is 12.5 Å². The van der Waals surface area contributed by atoms with E-state index < -0.39 is 18.2 Å². The fourth-order valence-electron chi connectivity index (χ4n) is 1.11. The lowest BCUT2D eigenvalue weighted by atomic mass is 10.2. The Labute approximate surface area is 74.7 Å². The molecule has 0 bridgehead atoms. The number of ether oxygens (including phenoxy) is 1. The van der Waals surface area contributed by atoms with Gasteiger partial charge >= 0.3 is 12.1 Å². The standard InChI is InChI=1S/C7H11NO5/c9-5(3-6(10)11)4-8-1-2-13-7(8)12/h5,9H,1-4H2,(H,10,11). The van der Waals surface area contributed by atoms with E-state index in [1.54, 1.807) is 0 Å². The topological polar surface area (TPSA) is 87.1 Å². The van der Waals surface area contributed by atoms with E-state index in [0.717, 1.165) is 0 Å². The average Bonchev–Trinajstić information content (AvgIpc) is 2.34. The third kappa shape index (κ3) is 2.90. The summed E-state index contributed by atoms with van der Waals surface area (Å²) in [7, 11) is 0. The van der Waals surface area contributed by atoms with Crippen LogP contribution in [0, 0.1) is 0 Å². The van der Waals surface area contributed by atoms with Gasteiger partial charge in [-0.15, -0.1) is 0 Å². The molecule has 1 unspecified atom stereocenters. The Morgan fingerprint density at radius 2 is 2.38 bits per heavy atom. The number of hydrogen-bond acceptors (Lipinski definition) is 4. The molecule has 0 saturated carbocycles. The number of carboxylic acid groups (broad SMARTS) is 1. The first-order valence-electron chi connectivity index (χ1n) is 3.91. The van der Waals surface area contributed by atoms with Crippen LogP contribution in [0.3, 0.4) is 0 Å². The number of aliphatic carboxylic acids is 1. The highest BCUT2D eigenvalue weighted by Gasteiger charge is 2.24. The van der Waals surface area contributed by atoms with Gasteiger partial charge in [0.1, 0.15) is 6.61 Å². The molecule has 1 amide bonds. The molecule has 6 nitrogen and oxygen atoms in total. The highest BCUT2D eigenvalue weighted by atomic mass is 16.6. The van der Waals surface area contributed by atoms with Crippen LogP contribution in [-0.2, 0) is 9.53 Å². The third-order valence-corrected chi connectivity index (χ3v) is 1.69. The minimum absolute atomic E-state index is 0.0190. The molecule has 2 N–H and O–H groups in total. The quantitative estimate of drug-likeness (QED) is 0.609. The van der Waals surface area contributed by atoms with Crippen LogP contribution >= 0.6 is 0 Å². The molecule has 6 heteroatoms. The molecule has 0 aromatic rings. The van der Waals surface area contributed by atoms with Gasteiger partial charge in [0.15, 0.2) is 0 Å². The molecular formula is C7H11NO5. The van der Waals surface area contributed by atoms with Gasteiger partial charge in [0, 0.05) is 0 Å². The molecule has 1 aliphatic heterocycles. The number of carbonyl (C=O) groups excluding carboxylic acids is 1. The Hall–Kier alpha value is -1.30. The minimum atomic E-state index is -1.08. The van der Waals surface area contributed by atoms with Crippen molar-refractivity contribution in [2.75, 3.05) is 19.7 Å². The molecule has 1 saturated heterocycles. The number of amides is 1. The Morgan fingerprint density at radius 3 is 2.85 bits per heavy atom. The first-order valence-corrected chi connectivity index (χ1v) is 3.91. The Bertz CT molecular complexity index is 217. The molecule has 0 spiro atoms. The van der Waals surface area contributed by atoms with Crippen LogP contribution in [0.4, 0.5) is 4.79 Å². The van der Waals surface area contributed by atoms with Crippen LogP contribution in [0.5, 0.6) is 0 Å². The Balaban J connectivity index is 2.30. The lowest BCUT2D eigenvalue weighted by Crippen LogP contribution is -2.34. The number of aliphatic hydroxyl groups is 1. The second-order valence-corrected chi connectivity index (χ2v) is 2.81. The molecular weight excluding hydrogens is 178 g/mol. The van der Waals surface area contributed by atoms with Crippen LogP contribution in [0.1, 0.15) is 6.42 Å². The number of β-amino-alcohol motifs (C(OH)–C–C–N with tert-alkyl or cyclic N) is 1. The van der Waals surface area contributed by atoms with Gasteiger partial charge in [-0.3, -0.25) is 4.79 Å². The number of aliphatic hydroxyl groups excluding tert-OH is 1. The summed E-state index contributed by atoms with van der Waals surface area (Å²) in [6.07, 6.45) is -1.88. The van der Waals surface area contributed by atoms with Gasteiger partial charge in [-0.1, -0.05) is 0 Å². The van der Waals surface area contributed by atoms with Crippen molar-refractivity contribution in [1.82, 2.24) is 4.90 Å². The van der Waals surface area contributed by atoms with E-state index in [1.165, 1.54) is 4.90 Å². The summed E-state index contributed by atoms with van der Waals surface area (Å²) in [5.74, 6) is -1.08. The number of carbonyl (C=O) groups is 2. The predicted octanol–water partition coefficient (Wildman–Crippen LogP) is -0.726. The van der Waals surface area contributed by atoms with Gasteiger partial charge in [-0.2, -0.15) is 0 Å².